The second kappa shape index (κ2) is 17.2. The lowest BCUT2D eigenvalue weighted by molar-refractivity contribution is -0.116. The van der Waals surface area contributed by atoms with Gasteiger partial charge in [0.05, 0.1) is 19.8 Å². The number of fused-ring (bicyclic) bond motifs is 1. The van der Waals surface area contributed by atoms with E-state index in [1.807, 2.05) is 42.5 Å². The highest BCUT2D eigenvalue weighted by atomic mass is 32.2. The number of hydrogen-bond acceptors (Lipinski definition) is 8. The standard InChI is InChI=1S/C42H39N3O6S2/c1-26-20-21-33-35(22-26)53-41(36(33)42(49)51-3)45-40(48)37(28-13-6-4-7-14-28)52-32-19-11-17-30(25-32)43-39(47)34(24-27-12-10-18-31(23-27)50-2)44-38(46)29-15-8-5-9-16-29/h4-19,23-26,37H,20-22H2,1-3H3,(H,43,47)(H,44,46)(H,45,48)/b34-24-. The molecule has 6 rings (SSSR count). The highest BCUT2D eigenvalue weighted by Crippen LogP contribution is 2.42. The Morgan fingerprint density at radius 2 is 1.60 bits per heavy atom. The summed E-state index contributed by atoms with van der Waals surface area (Å²) in [4.78, 5) is 55.9. The highest BCUT2D eigenvalue weighted by molar-refractivity contribution is 8.00. The number of methoxy groups -OCH3 is 2. The minimum absolute atomic E-state index is 0.0288. The molecule has 1 aromatic heterocycles. The molecule has 0 fully saturated rings. The number of hydrogen-bond donors (Lipinski definition) is 3. The van der Waals surface area contributed by atoms with Crippen molar-refractivity contribution >= 4 is 63.6 Å². The first-order chi connectivity index (χ1) is 25.7. The number of esters is 1. The van der Waals surface area contributed by atoms with Crippen molar-refractivity contribution in [3.05, 3.63) is 148 Å². The molecule has 3 N–H and O–H groups in total. The summed E-state index contributed by atoms with van der Waals surface area (Å²) in [5.74, 6) is -0.636. The van der Waals surface area contributed by atoms with Gasteiger partial charge in [0, 0.05) is 21.0 Å². The van der Waals surface area contributed by atoms with E-state index in [2.05, 4.69) is 22.9 Å². The molecule has 1 aliphatic carbocycles. The van der Waals surface area contributed by atoms with Crippen molar-refractivity contribution in [1.82, 2.24) is 5.32 Å². The lowest BCUT2D eigenvalue weighted by Crippen LogP contribution is -2.30. The van der Waals surface area contributed by atoms with Gasteiger partial charge in [-0.25, -0.2) is 4.79 Å². The van der Waals surface area contributed by atoms with E-state index in [0.717, 1.165) is 35.3 Å². The Morgan fingerprint density at radius 3 is 2.34 bits per heavy atom. The molecule has 5 aromatic rings. The van der Waals surface area contributed by atoms with E-state index in [9.17, 15) is 19.2 Å². The van der Waals surface area contributed by atoms with E-state index in [-0.39, 0.29) is 11.6 Å². The number of carbonyl (C=O) groups excluding carboxylic acids is 4. The summed E-state index contributed by atoms with van der Waals surface area (Å²) in [6, 6.07) is 32.3. The number of carbonyl (C=O) groups is 4. The van der Waals surface area contributed by atoms with Gasteiger partial charge in [0.15, 0.2) is 0 Å². The lowest BCUT2D eigenvalue weighted by atomic mass is 9.88. The van der Waals surface area contributed by atoms with Gasteiger partial charge < -0.3 is 25.4 Å². The topological polar surface area (TPSA) is 123 Å². The van der Waals surface area contributed by atoms with Gasteiger partial charge in [-0.15, -0.1) is 23.1 Å². The number of anilines is 2. The van der Waals surface area contributed by atoms with Gasteiger partial charge >= 0.3 is 5.97 Å². The number of thiophene rings is 1. The minimum atomic E-state index is -0.695. The van der Waals surface area contributed by atoms with Crippen molar-refractivity contribution in [1.29, 1.82) is 0 Å². The Bertz CT molecular complexity index is 2150. The van der Waals surface area contributed by atoms with Gasteiger partial charge in [-0.2, -0.15) is 0 Å². The van der Waals surface area contributed by atoms with Crippen molar-refractivity contribution < 1.29 is 28.7 Å². The third-order valence-electron chi connectivity index (χ3n) is 8.76. The zero-order valence-corrected chi connectivity index (χ0v) is 31.1. The third-order valence-corrected chi connectivity index (χ3v) is 11.2. The molecule has 0 saturated heterocycles. The Kier molecular flexibility index (Phi) is 12.1. The van der Waals surface area contributed by atoms with Crippen molar-refractivity contribution in [2.75, 3.05) is 24.9 Å². The molecule has 4 aromatic carbocycles. The van der Waals surface area contributed by atoms with Crippen LogP contribution < -0.4 is 20.7 Å². The van der Waals surface area contributed by atoms with Crippen LogP contribution in [-0.2, 0) is 27.2 Å². The number of thioether (sulfide) groups is 1. The predicted molar refractivity (Wildman–Crippen MR) is 210 cm³/mol. The maximum Gasteiger partial charge on any atom is 0.341 e. The van der Waals surface area contributed by atoms with Gasteiger partial charge in [0.2, 0.25) is 5.91 Å². The fraction of sp³-hybridized carbons (Fsp3) is 0.190. The number of nitrogens with one attached hydrogen (secondary N) is 3. The highest BCUT2D eigenvalue weighted by Gasteiger charge is 2.31. The molecule has 11 heteroatoms. The molecule has 0 saturated carbocycles. The van der Waals surface area contributed by atoms with Crippen LogP contribution in [0.3, 0.4) is 0 Å². The van der Waals surface area contributed by atoms with E-state index < -0.39 is 23.0 Å². The van der Waals surface area contributed by atoms with E-state index >= 15 is 0 Å². The molecule has 0 aliphatic heterocycles. The van der Waals surface area contributed by atoms with Gasteiger partial charge in [0.25, 0.3) is 11.8 Å². The van der Waals surface area contributed by atoms with E-state index in [0.29, 0.717) is 43.9 Å². The zero-order valence-electron chi connectivity index (χ0n) is 29.5. The molecular formula is C42H39N3O6S2. The van der Waals surface area contributed by atoms with E-state index in [1.165, 1.54) is 30.2 Å². The third kappa shape index (κ3) is 9.24. The minimum Gasteiger partial charge on any atom is -0.497 e. The Hall–Kier alpha value is -5.65. The largest absolute Gasteiger partial charge is 0.497 e. The van der Waals surface area contributed by atoms with Crippen LogP contribution in [0, 0.1) is 5.92 Å². The fourth-order valence-corrected chi connectivity index (χ4v) is 8.54. The quantitative estimate of drug-likeness (QED) is 0.0665. The molecule has 1 heterocycles. The van der Waals surface area contributed by atoms with Crippen LogP contribution in [0.2, 0.25) is 0 Å². The molecule has 53 heavy (non-hydrogen) atoms. The molecule has 9 nitrogen and oxygen atoms in total. The summed E-state index contributed by atoms with van der Waals surface area (Å²) in [6.45, 7) is 2.19. The fourth-order valence-electron chi connectivity index (χ4n) is 6.06. The summed E-state index contributed by atoms with van der Waals surface area (Å²) in [5, 5.41) is 8.55. The van der Waals surface area contributed by atoms with E-state index in [1.54, 1.807) is 79.9 Å². The number of rotatable bonds is 12. The van der Waals surface area contributed by atoms with Crippen LogP contribution in [0.5, 0.6) is 5.75 Å². The second-order valence-corrected chi connectivity index (χ2v) is 14.9. The molecule has 0 radical (unpaired) electrons. The summed E-state index contributed by atoms with van der Waals surface area (Å²) in [7, 11) is 2.91. The summed E-state index contributed by atoms with van der Waals surface area (Å²) >= 11 is 2.76. The van der Waals surface area contributed by atoms with Crippen LogP contribution in [0.1, 0.15) is 60.9 Å². The van der Waals surface area contributed by atoms with Crippen LogP contribution in [-0.4, -0.2) is 37.9 Å². The predicted octanol–water partition coefficient (Wildman–Crippen LogP) is 8.55. The Labute approximate surface area is 316 Å². The van der Waals surface area contributed by atoms with Crippen molar-refractivity contribution in [2.45, 2.75) is 36.3 Å². The lowest BCUT2D eigenvalue weighted by Gasteiger charge is -2.18. The normalized spacial score (nSPS) is 14.3. The maximum atomic E-state index is 14.1. The van der Waals surface area contributed by atoms with Gasteiger partial charge in [-0.3, -0.25) is 14.4 Å². The zero-order chi connectivity index (χ0) is 37.3. The van der Waals surface area contributed by atoms with Crippen LogP contribution in [0.15, 0.2) is 120 Å². The molecule has 0 bridgehead atoms. The Morgan fingerprint density at radius 1 is 0.868 bits per heavy atom. The number of amides is 3. The summed E-state index contributed by atoms with van der Waals surface area (Å²) in [5.41, 5.74) is 3.71. The molecule has 0 spiro atoms. The molecular weight excluding hydrogens is 707 g/mol. The maximum absolute atomic E-state index is 14.1. The summed E-state index contributed by atoms with van der Waals surface area (Å²) in [6.07, 6.45) is 4.16. The van der Waals surface area contributed by atoms with Crippen molar-refractivity contribution in [3.63, 3.8) is 0 Å². The molecule has 3 amide bonds. The van der Waals surface area contributed by atoms with Crippen LogP contribution in [0.4, 0.5) is 10.7 Å². The van der Waals surface area contributed by atoms with Gasteiger partial charge in [-0.05, 0) is 90.4 Å². The Balaban J connectivity index is 1.25. The molecule has 2 unspecified atom stereocenters. The first-order valence-corrected chi connectivity index (χ1v) is 18.8. The van der Waals surface area contributed by atoms with Crippen molar-refractivity contribution in [3.8, 4) is 5.75 Å². The number of ether oxygens (including phenoxy) is 2. The second-order valence-electron chi connectivity index (χ2n) is 12.6. The molecule has 1 aliphatic rings. The first-order valence-electron chi connectivity index (χ1n) is 17.1. The van der Waals surface area contributed by atoms with Crippen molar-refractivity contribution in [2.24, 2.45) is 5.92 Å². The SMILES string of the molecule is COC(=O)c1c(NC(=O)C(Sc2cccc(NC(=O)/C(=C/c3cccc(OC)c3)NC(=O)c3ccccc3)c2)c2ccccc2)sc2c1CCC(C)C2. The molecule has 2 atom stereocenters. The van der Waals surface area contributed by atoms with Crippen LogP contribution in [0.25, 0.3) is 6.08 Å². The smallest absolute Gasteiger partial charge is 0.341 e. The average molecular weight is 746 g/mol. The first kappa shape index (κ1) is 37.1. The average Bonchev–Trinajstić information content (AvgIpc) is 3.53. The summed E-state index contributed by atoms with van der Waals surface area (Å²) < 4.78 is 10.5. The number of benzene rings is 4. The van der Waals surface area contributed by atoms with E-state index in [4.69, 9.17) is 9.47 Å². The van der Waals surface area contributed by atoms with Gasteiger partial charge in [0.1, 0.15) is 21.7 Å². The van der Waals surface area contributed by atoms with Crippen LogP contribution >= 0.6 is 23.1 Å². The molecule has 270 valence electrons. The van der Waals surface area contributed by atoms with Gasteiger partial charge in [-0.1, -0.05) is 73.7 Å². The monoisotopic (exact) mass is 745 g/mol.